The molecule has 1 amide bonds. The molecular weight excluding hydrogens is 317 g/mol. The summed E-state index contributed by atoms with van der Waals surface area (Å²) in [5.41, 5.74) is 0.463. The average molecular weight is 326 g/mol. The predicted octanol–water partition coefficient (Wildman–Crippen LogP) is 2.55. The zero-order chi connectivity index (χ0) is 14.8. The van der Waals surface area contributed by atoms with Gasteiger partial charge >= 0.3 is 0 Å². The van der Waals surface area contributed by atoms with Gasteiger partial charge in [-0.1, -0.05) is 22.9 Å². The summed E-state index contributed by atoms with van der Waals surface area (Å²) in [4.78, 5) is 12.5. The predicted molar refractivity (Wildman–Crippen MR) is 77.0 cm³/mol. The maximum Gasteiger partial charge on any atom is 0.234 e. The Balaban J connectivity index is 1.58. The molecule has 3 rings (SSSR count). The van der Waals surface area contributed by atoms with E-state index >= 15 is 0 Å². The number of nitrogens with zero attached hydrogens (tertiary/aromatic N) is 4. The number of aromatic nitrogens is 4. The van der Waals surface area contributed by atoms with Crippen molar-refractivity contribution >= 4 is 39.5 Å². The van der Waals surface area contributed by atoms with Crippen molar-refractivity contribution in [3.8, 4) is 0 Å². The van der Waals surface area contributed by atoms with E-state index in [2.05, 4.69) is 20.6 Å². The van der Waals surface area contributed by atoms with Crippen LogP contribution >= 0.6 is 22.9 Å². The Morgan fingerprint density at radius 1 is 1.48 bits per heavy atom. The van der Waals surface area contributed by atoms with Crippen molar-refractivity contribution in [3.05, 3.63) is 40.4 Å². The molecule has 3 aromatic rings. The highest BCUT2D eigenvalue weighted by Gasteiger charge is 2.09. The van der Waals surface area contributed by atoms with Gasteiger partial charge in [0.25, 0.3) is 0 Å². The highest BCUT2D eigenvalue weighted by Crippen LogP contribution is 2.20. The normalized spacial score (nSPS) is 11.0. The number of halogens is 2. The minimum atomic E-state index is -0.519. The van der Waals surface area contributed by atoms with Crippen LogP contribution in [0.5, 0.6) is 0 Å². The molecule has 2 heterocycles. The van der Waals surface area contributed by atoms with Gasteiger partial charge in [0.1, 0.15) is 17.2 Å². The highest BCUT2D eigenvalue weighted by atomic mass is 35.5. The summed E-state index contributed by atoms with van der Waals surface area (Å²) >= 11 is 7.04. The summed E-state index contributed by atoms with van der Waals surface area (Å²) in [6.07, 6.45) is 2.27. The Hall–Kier alpha value is -2.06. The number of carbonyl (C=O) groups is 1. The molecule has 1 N–H and O–H groups in total. The standard InChI is InChI=1S/C12H9ClFN5OS/c13-8-5-7(1-2-9(8)14)16-10(20)3-4-11-18-19-6-15-17-12(19)21-11/h1-2,5-6H,3-4H2,(H,16,20). The summed E-state index contributed by atoms with van der Waals surface area (Å²) in [5, 5.41) is 15.2. The minimum Gasteiger partial charge on any atom is -0.326 e. The van der Waals surface area contributed by atoms with Gasteiger partial charge in [-0.2, -0.15) is 9.61 Å². The van der Waals surface area contributed by atoms with Gasteiger partial charge < -0.3 is 5.32 Å². The molecule has 0 unspecified atom stereocenters. The van der Waals surface area contributed by atoms with E-state index in [1.54, 1.807) is 4.52 Å². The lowest BCUT2D eigenvalue weighted by Crippen LogP contribution is -2.12. The molecular formula is C12H9ClFN5OS. The van der Waals surface area contributed by atoms with Gasteiger partial charge in [-0.05, 0) is 18.2 Å². The van der Waals surface area contributed by atoms with Gasteiger partial charge in [0, 0.05) is 18.5 Å². The number of hydrogen-bond donors (Lipinski definition) is 1. The third-order valence-electron chi connectivity index (χ3n) is 2.70. The van der Waals surface area contributed by atoms with E-state index in [4.69, 9.17) is 11.6 Å². The number of carbonyl (C=O) groups excluding carboxylic acids is 1. The second-order valence-corrected chi connectivity index (χ2v) is 5.68. The number of rotatable bonds is 4. The number of aryl methyl sites for hydroxylation is 1. The van der Waals surface area contributed by atoms with Crippen LogP contribution in [-0.4, -0.2) is 25.7 Å². The Morgan fingerprint density at radius 3 is 3.10 bits per heavy atom. The fourth-order valence-electron chi connectivity index (χ4n) is 1.72. The van der Waals surface area contributed by atoms with Gasteiger partial charge in [0.05, 0.1) is 5.02 Å². The first kappa shape index (κ1) is 13.9. The monoisotopic (exact) mass is 325 g/mol. The molecule has 0 saturated carbocycles. The van der Waals surface area contributed by atoms with Crippen LogP contribution in [0.4, 0.5) is 10.1 Å². The molecule has 6 nitrogen and oxygen atoms in total. The smallest absolute Gasteiger partial charge is 0.234 e. The van der Waals surface area contributed by atoms with Crippen molar-refractivity contribution in [2.24, 2.45) is 0 Å². The molecule has 0 bridgehead atoms. The summed E-state index contributed by atoms with van der Waals surface area (Å²) in [7, 11) is 0. The van der Waals surface area contributed by atoms with Crippen molar-refractivity contribution < 1.29 is 9.18 Å². The largest absolute Gasteiger partial charge is 0.326 e. The van der Waals surface area contributed by atoms with Crippen molar-refractivity contribution in [2.45, 2.75) is 12.8 Å². The number of amides is 1. The maximum absolute atomic E-state index is 13.0. The molecule has 108 valence electrons. The molecule has 0 atom stereocenters. The lowest BCUT2D eigenvalue weighted by molar-refractivity contribution is -0.116. The summed E-state index contributed by atoms with van der Waals surface area (Å²) in [6.45, 7) is 0. The van der Waals surface area contributed by atoms with E-state index < -0.39 is 5.82 Å². The number of benzene rings is 1. The zero-order valence-corrected chi connectivity index (χ0v) is 12.2. The zero-order valence-electron chi connectivity index (χ0n) is 10.6. The SMILES string of the molecule is O=C(CCc1nn2cnnc2s1)Nc1ccc(F)c(Cl)c1. The Kier molecular flexibility index (Phi) is 3.80. The van der Waals surface area contributed by atoms with E-state index in [1.807, 2.05) is 0 Å². The average Bonchev–Trinajstić information content (AvgIpc) is 3.01. The molecule has 2 aromatic heterocycles. The van der Waals surface area contributed by atoms with E-state index in [1.165, 1.54) is 35.9 Å². The van der Waals surface area contributed by atoms with Crippen LogP contribution in [0, 0.1) is 5.82 Å². The van der Waals surface area contributed by atoms with E-state index in [9.17, 15) is 9.18 Å². The van der Waals surface area contributed by atoms with E-state index in [0.29, 0.717) is 17.1 Å². The molecule has 1 aromatic carbocycles. The van der Waals surface area contributed by atoms with Crippen LogP contribution in [0.25, 0.3) is 4.96 Å². The Labute approximate surface area is 127 Å². The maximum atomic E-state index is 13.0. The number of hydrogen-bond acceptors (Lipinski definition) is 5. The Bertz CT molecular complexity index is 773. The number of fused-ring (bicyclic) bond motifs is 1. The van der Waals surface area contributed by atoms with Crippen LogP contribution in [0.3, 0.4) is 0 Å². The summed E-state index contributed by atoms with van der Waals surface area (Å²) < 4.78 is 14.6. The van der Waals surface area contributed by atoms with Crippen LogP contribution < -0.4 is 5.32 Å². The van der Waals surface area contributed by atoms with Crippen molar-refractivity contribution in [1.82, 2.24) is 19.8 Å². The molecule has 0 aliphatic heterocycles. The molecule has 0 spiro atoms. The van der Waals surface area contributed by atoms with Gasteiger partial charge in [0.2, 0.25) is 10.9 Å². The first-order chi connectivity index (χ1) is 10.1. The van der Waals surface area contributed by atoms with Crippen molar-refractivity contribution in [3.63, 3.8) is 0 Å². The third-order valence-corrected chi connectivity index (χ3v) is 3.96. The quantitative estimate of drug-likeness (QED) is 0.800. The van der Waals surface area contributed by atoms with Crippen LogP contribution in [0.1, 0.15) is 11.4 Å². The lowest BCUT2D eigenvalue weighted by atomic mass is 10.2. The first-order valence-corrected chi connectivity index (χ1v) is 7.22. The van der Waals surface area contributed by atoms with E-state index in [-0.39, 0.29) is 17.4 Å². The Morgan fingerprint density at radius 2 is 2.33 bits per heavy atom. The van der Waals surface area contributed by atoms with Crippen molar-refractivity contribution in [1.29, 1.82) is 0 Å². The molecule has 0 radical (unpaired) electrons. The van der Waals surface area contributed by atoms with Crippen LogP contribution in [0.15, 0.2) is 24.5 Å². The summed E-state index contributed by atoms with van der Waals surface area (Å²) in [6, 6.07) is 4.04. The molecule has 0 fully saturated rings. The van der Waals surface area contributed by atoms with E-state index in [0.717, 1.165) is 5.01 Å². The summed E-state index contributed by atoms with van der Waals surface area (Å²) in [5.74, 6) is -0.710. The third kappa shape index (κ3) is 3.17. The van der Waals surface area contributed by atoms with Crippen LogP contribution in [0.2, 0.25) is 5.02 Å². The molecule has 0 saturated heterocycles. The van der Waals surface area contributed by atoms with Gasteiger partial charge in [0.15, 0.2) is 0 Å². The van der Waals surface area contributed by atoms with Crippen LogP contribution in [-0.2, 0) is 11.2 Å². The van der Waals surface area contributed by atoms with Gasteiger partial charge in [-0.3, -0.25) is 4.79 Å². The fraction of sp³-hybridized carbons (Fsp3) is 0.167. The highest BCUT2D eigenvalue weighted by molar-refractivity contribution is 7.16. The fourth-order valence-corrected chi connectivity index (χ4v) is 2.71. The molecule has 0 aliphatic rings. The topological polar surface area (TPSA) is 72.2 Å². The van der Waals surface area contributed by atoms with Crippen molar-refractivity contribution in [2.75, 3.05) is 5.32 Å². The second-order valence-electron chi connectivity index (χ2n) is 4.23. The first-order valence-electron chi connectivity index (χ1n) is 6.02. The molecule has 9 heteroatoms. The minimum absolute atomic E-state index is 0.0264. The molecule has 21 heavy (non-hydrogen) atoms. The number of nitrogens with one attached hydrogen (secondary N) is 1. The molecule has 0 aliphatic carbocycles. The van der Waals surface area contributed by atoms with Gasteiger partial charge in [-0.25, -0.2) is 4.39 Å². The van der Waals surface area contributed by atoms with Gasteiger partial charge in [-0.15, -0.1) is 10.2 Å². The lowest BCUT2D eigenvalue weighted by Gasteiger charge is -2.05. The second kappa shape index (κ2) is 5.74. The number of anilines is 1.